The zero-order valence-corrected chi connectivity index (χ0v) is 17.0. The fraction of sp³-hybridized carbons (Fsp3) is 0. The van der Waals surface area contributed by atoms with Gasteiger partial charge in [-0.2, -0.15) is 0 Å². The Morgan fingerprint density at radius 2 is 0.742 bits per heavy atom. The number of phenolic OH excluding ortho intramolecular Hbond substituents is 3. The summed E-state index contributed by atoms with van der Waals surface area (Å²) in [4.78, 5) is 0. The van der Waals surface area contributed by atoms with E-state index < -0.39 is 0 Å². The van der Waals surface area contributed by atoms with Crippen LogP contribution >= 0.6 is 0 Å². The van der Waals surface area contributed by atoms with Crippen molar-refractivity contribution in [1.29, 1.82) is 0 Å². The lowest BCUT2D eigenvalue weighted by molar-refractivity contribution is 0.450. The van der Waals surface area contributed by atoms with Gasteiger partial charge in [-0.15, -0.1) is 0 Å². The summed E-state index contributed by atoms with van der Waals surface area (Å²) in [5.74, 6) is 0.267. The van der Waals surface area contributed by atoms with Crippen molar-refractivity contribution in [3.63, 3.8) is 0 Å². The highest BCUT2D eigenvalue weighted by molar-refractivity contribution is 5.71. The van der Waals surface area contributed by atoms with E-state index in [2.05, 4.69) is 36.4 Å². The second-order valence-corrected chi connectivity index (χ2v) is 6.86. The molecule has 0 atom stereocenters. The van der Waals surface area contributed by atoms with E-state index in [1.165, 1.54) is 17.2 Å². The fourth-order valence-corrected chi connectivity index (χ4v) is 2.81. The quantitative estimate of drug-likeness (QED) is 0.324. The first kappa shape index (κ1) is 21.5. The van der Waals surface area contributed by atoms with Crippen molar-refractivity contribution in [2.45, 2.75) is 0 Å². The molecule has 0 aliphatic rings. The van der Waals surface area contributed by atoms with Gasteiger partial charge < -0.3 is 15.3 Å². The summed E-state index contributed by atoms with van der Waals surface area (Å²) in [6.07, 6.45) is 7.84. The summed E-state index contributed by atoms with van der Waals surface area (Å²) >= 11 is 0. The lowest BCUT2D eigenvalue weighted by atomic mass is 10.1. The van der Waals surface area contributed by atoms with E-state index in [-0.39, 0.29) is 17.2 Å². The van der Waals surface area contributed by atoms with Crippen LogP contribution in [-0.2, 0) is 0 Å². The van der Waals surface area contributed by atoms with Gasteiger partial charge in [-0.05, 0) is 46.5 Å². The Bertz CT molecular complexity index is 1070. The minimum atomic E-state index is 0.0235. The highest BCUT2D eigenvalue weighted by atomic mass is 16.3. The average molecular weight is 408 g/mol. The van der Waals surface area contributed by atoms with Gasteiger partial charge >= 0.3 is 0 Å². The molecule has 3 N–H and O–H groups in total. The van der Waals surface area contributed by atoms with E-state index in [9.17, 15) is 10.2 Å². The van der Waals surface area contributed by atoms with Gasteiger partial charge in [0, 0.05) is 6.07 Å². The van der Waals surface area contributed by atoms with Gasteiger partial charge in [0.2, 0.25) is 0 Å². The monoisotopic (exact) mass is 408 g/mol. The molecule has 0 spiro atoms. The Kier molecular flexibility index (Phi) is 7.67. The van der Waals surface area contributed by atoms with Gasteiger partial charge in [0.15, 0.2) is 0 Å². The number of hydrogen-bond acceptors (Lipinski definition) is 3. The molecule has 0 aromatic heterocycles. The van der Waals surface area contributed by atoms with Gasteiger partial charge in [-0.1, -0.05) is 97.1 Å². The Hall–Kier alpha value is -4.24. The smallest absolute Gasteiger partial charge is 0.119 e. The third-order valence-corrected chi connectivity index (χ3v) is 4.35. The molecule has 4 aromatic rings. The molecule has 0 aliphatic heterocycles. The van der Waals surface area contributed by atoms with Crippen molar-refractivity contribution in [3.05, 3.63) is 125 Å². The van der Waals surface area contributed by atoms with Crippen LogP contribution in [-0.4, -0.2) is 15.3 Å². The SMILES string of the molecule is C(=C\c1ccccc1)/c1ccccc1.Oc1ccc(C=Cc2cc(O)cc(O)c2)cc1. The van der Waals surface area contributed by atoms with Crippen LogP contribution in [0.4, 0.5) is 0 Å². The van der Waals surface area contributed by atoms with Gasteiger partial charge in [0.25, 0.3) is 0 Å². The molecular weight excluding hydrogens is 384 g/mol. The highest BCUT2D eigenvalue weighted by Crippen LogP contribution is 2.22. The van der Waals surface area contributed by atoms with Crippen LogP contribution in [0.5, 0.6) is 17.2 Å². The molecular formula is C28H24O3. The van der Waals surface area contributed by atoms with E-state index in [4.69, 9.17) is 5.11 Å². The molecule has 0 saturated carbocycles. The molecule has 0 heterocycles. The van der Waals surface area contributed by atoms with Crippen molar-refractivity contribution in [2.24, 2.45) is 0 Å². The molecule has 3 heteroatoms. The first-order chi connectivity index (χ1) is 15.1. The lowest BCUT2D eigenvalue weighted by Gasteiger charge is -1.98. The number of rotatable bonds is 4. The number of benzene rings is 4. The highest BCUT2D eigenvalue weighted by Gasteiger charge is 1.96. The summed E-state index contributed by atoms with van der Waals surface area (Å²) in [6.45, 7) is 0. The Balaban J connectivity index is 0.000000179. The molecule has 3 nitrogen and oxygen atoms in total. The molecule has 0 radical (unpaired) electrons. The third kappa shape index (κ3) is 7.59. The maximum atomic E-state index is 9.30. The maximum absolute atomic E-state index is 9.30. The molecule has 0 unspecified atom stereocenters. The summed E-state index contributed by atoms with van der Waals surface area (Å²) in [7, 11) is 0. The fourth-order valence-electron chi connectivity index (χ4n) is 2.81. The van der Waals surface area contributed by atoms with Crippen LogP contribution in [0.25, 0.3) is 24.3 Å². The number of hydrogen-bond donors (Lipinski definition) is 3. The molecule has 154 valence electrons. The Morgan fingerprint density at radius 1 is 0.355 bits per heavy atom. The minimum absolute atomic E-state index is 0.0235. The number of aromatic hydroxyl groups is 3. The predicted molar refractivity (Wildman–Crippen MR) is 129 cm³/mol. The zero-order chi connectivity index (χ0) is 21.9. The second-order valence-electron chi connectivity index (χ2n) is 6.86. The summed E-state index contributed by atoms with van der Waals surface area (Å²) in [5.41, 5.74) is 4.09. The van der Waals surface area contributed by atoms with Crippen LogP contribution in [0, 0.1) is 0 Å². The van der Waals surface area contributed by atoms with Crippen molar-refractivity contribution in [2.75, 3.05) is 0 Å². The molecule has 0 bridgehead atoms. The van der Waals surface area contributed by atoms with Crippen LogP contribution in [0.2, 0.25) is 0 Å². The van der Waals surface area contributed by atoms with Crippen LogP contribution in [0.15, 0.2) is 103 Å². The van der Waals surface area contributed by atoms with E-state index >= 15 is 0 Å². The van der Waals surface area contributed by atoms with E-state index in [1.807, 2.05) is 42.5 Å². The normalized spacial score (nSPS) is 10.7. The van der Waals surface area contributed by atoms with Crippen LogP contribution < -0.4 is 0 Å². The summed E-state index contributed by atoms with van der Waals surface area (Å²) < 4.78 is 0. The predicted octanol–water partition coefficient (Wildman–Crippen LogP) is 6.83. The van der Waals surface area contributed by atoms with Gasteiger partial charge in [0.05, 0.1) is 0 Å². The third-order valence-electron chi connectivity index (χ3n) is 4.35. The Morgan fingerprint density at radius 3 is 1.19 bits per heavy atom. The zero-order valence-electron chi connectivity index (χ0n) is 17.0. The number of phenols is 3. The van der Waals surface area contributed by atoms with Crippen molar-refractivity contribution < 1.29 is 15.3 Å². The van der Waals surface area contributed by atoms with Gasteiger partial charge in [0.1, 0.15) is 17.2 Å². The van der Waals surface area contributed by atoms with Gasteiger partial charge in [-0.25, -0.2) is 0 Å². The molecule has 4 rings (SSSR count). The van der Waals surface area contributed by atoms with Crippen molar-refractivity contribution in [1.82, 2.24) is 0 Å². The lowest BCUT2D eigenvalue weighted by Crippen LogP contribution is -1.74. The van der Waals surface area contributed by atoms with E-state index in [1.54, 1.807) is 42.5 Å². The first-order valence-corrected chi connectivity index (χ1v) is 9.87. The summed E-state index contributed by atoms with van der Waals surface area (Å²) in [6, 6.07) is 31.7. The molecule has 0 aliphatic carbocycles. The molecule has 0 saturated heterocycles. The minimum Gasteiger partial charge on any atom is -0.508 e. The first-order valence-electron chi connectivity index (χ1n) is 9.87. The van der Waals surface area contributed by atoms with Crippen molar-refractivity contribution >= 4 is 24.3 Å². The molecule has 0 fully saturated rings. The largest absolute Gasteiger partial charge is 0.508 e. The molecule has 31 heavy (non-hydrogen) atoms. The van der Waals surface area contributed by atoms with Gasteiger partial charge in [-0.3, -0.25) is 0 Å². The van der Waals surface area contributed by atoms with Crippen LogP contribution in [0.1, 0.15) is 22.3 Å². The summed E-state index contributed by atoms with van der Waals surface area (Å²) in [5, 5.41) is 27.7. The molecule has 0 amide bonds. The van der Waals surface area contributed by atoms with Crippen LogP contribution in [0.3, 0.4) is 0 Å². The second kappa shape index (κ2) is 11.1. The van der Waals surface area contributed by atoms with E-state index in [0.717, 1.165) is 5.56 Å². The molecule has 4 aromatic carbocycles. The topological polar surface area (TPSA) is 60.7 Å². The van der Waals surface area contributed by atoms with E-state index in [0.29, 0.717) is 5.56 Å². The standard InChI is InChI=1S/C14H12O3.C14H12/c15-12-5-3-10(4-6-12)1-2-11-7-13(16)9-14(17)8-11;1-3-7-13(8-4-1)11-12-14-9-5-2-6-10-14/h1-9,15-17H;1-12H/b;12-11+. The van der Waals surface area contributed by atoms with Crippen molar-refractivity contribution in [3.8, 4) is 17.2 Å². The maximum Gasteiger partial charge on any atom is 0.119 e. The Labute approximate surface area is 182 Å². The average Bonchev–Trinajstić information content (AvgIpc) is 2.79.